The van der Waals surface area contributed by atoms with Crippen molar-refractivity contribution in [2.45, 2.75) is 58.5 Å². The van der Waals surface area contributed by atoms with Crippen molar-refractivity contribution in [3.05, 3.63) is 0 Å². The summed E-state index contributed by atoms with van der Waals surface area (Å²) in [6.07, 6.45) is 7.43. The van der Waals surface area contributed by atoms with E-state index >= 15 is 0 Å². The first-order chi connectivity index (χ1) is 7.24. The van der Waals surface area contributed by atoms with Gasteiger partial charge in [-0.05, 0) is 31.2 Å². The number of hydrogen-bond acceptors (Lipinski definition) is 2. The summed E-state index contributed by atoms with van der Waals surface area (Å²) < 4.78 is 0. The number of rotatable bonds is 6. The SMILES string of the molecule is CCCC(O)CNCC1CCCCC1C. The topological polar surface area (TPSA) is 32.3 Å². The summed E-state index contributed by atoms with van der Waals surface area (Å²) in [5.74, 6) is 1.71. The molecule has 2 heteroatoms. The molecule has 0 aromatic heterocycles. The van der Waals surface area contributed by atoms with Gasteiger partial charge >= 0.3 is 0 Å². The predicted molar refractivity (Wildman–Crippen MR) is 64.9 cm³/mol. The highest BCUT2D eigenvalue weighted by Crippen LogP contribution is 2.28. The second-order valence-corrected chi connectivity index (χ2v) is 5.12. The van der Waals surface area contributed by atoms with E-state index in [1.54, 1.807) is 0 Å². The summed E-state index contributed by atoms with van der Waals surface area (Å²) in [7, 11) is 0. The number of aliphatic hydroxyl groups is 1. The normalized spacial score (nSPS) is 29.0. The van der Waals surface area contributed by atoms with Crippen molar-refractivity contribution in [2.24, 2.45) is 11.8 Å². The molecule has 0 aliphatic heterocycles. The van der Waals surface area contributed by atoms with E-state index in [-0.39, 0.29) is 6.10 Å². The van der Waals surface area contributed by atoms with Gasteiger partial charge in [0.1, 0.15) is 0 Å². The molecule has 1 rings (SSSR count). The molecule has 1 aliphatic carbocycles. The smallest absolute Gasteiger partial charge is 0.0664 e. The Hall–Kier alpha value is -0.0800. The predicted octanol–water partition coefficient (Wildman–Crippen LogP) is 2.56. The maximum Gasteiger partial charge on any atom is 0.0664 e. The zero-order chi connectivity index (χ0) is 11.1. The lowest BCUT2D eigenvalue weighted by molar-refractivity contribution is 0.153. The number of aliphatic hydroxyl groups excluding tert-OH is 1. The quantitative estimate of drug-likeness (QED) is 0.711. The number of hydrogen-bond donors (Lipinski definition) is 2. The fraction of sp³-hybridized carbons (Fsp3) is 1.00. The van der Waals surface area contributed by atoms with Crippen LogP contribution in [0.2, 0.25) is 0 Å². The van der Waals surface area contributed by atoms with Crippen LogP contribution in [0.25, 0.3) is 0 Å². The summed E-state index contributed by atoms with van der Waals surface area (Å²) in [6.45, 7) is 6.36. The van der Waals surface area contributed by atoms with Gasteiger partial charge in [-0.1, -0.05) is 39.5 Å². The van der Waals surface area contributed by atoms with Crippen LogP contribution in [-0.4, -0.2) is 24.3 Å². The van der Waals surface area contributed by atoms with Gasteiger partial charge in [0.2, 0.25) is 0 Å². The lowest BCUT2D eigenvalue weighted by Gasteiger charge is -2.29. The molecule has 0 aromatic rings. The van der Waals surface area contributed by atoms with Crippen LogP contribution >= 0.6 is 0 Å². The van der Waals surface area contributed by atoms with Crippen LogP contribution in [0.3, 0.4) is 0 Å². The summed E-state index contributed by atoms with van der Waals surface area (Å²) >= 11 is 0. The van der Waals surface area contributed by atoms with Crippen LogP contribution in [0.5, 0.6) is 0 Å². The third kappa shape index (κ3) is 4.98. The van der Waals surface area contributed by atoms with Crippen molar-refractivity contribution in [1.82, 2.24) is 5.32 Å². The molecule has 0 saturated heterocycles. The monoisotopic (exact) mass is 213 g/mol. The zero-order valence-electron chi connectivity index (χ0n) is 10.3. The molecular weight excluding hydrogens is 186 g/mol. The maximum absolute atomic E-state index is 9.58. The Morgan fingerprint density at radius 3 is 2.73 bits per heavy atom. The molecule has 15 heavy (non-hydrogen) atoms. The molecule has 3 atom stereocenters. The molecule has 0 bridgehead atoms. The molecule has 1 aliphatic rings. The lowest BCUT2D eigenvalue weighted by atomic mass is 9.80. The second kappa shape index (κ2) is 7.24. The van der Waals surface area contributed by atoms with Gasteiger partial charge in [0.05, 0.1) is 6.10 Å². The van der Waals surface area contributed by atoms with Gasteiger partial charge in [-0.25, -0.2) is 0 Å². The minimum Gasteiger partial charge on any atom is -0.392 e. The summed E-state index contributed by atoms with van der Waals surface area (Å²) in [5.41, 5.74) is 0. The summed E-state index contributed by atoms with van der Waals surface area (Å²) in [5, 5.41) is 13.0. The molecule has 1 saturated carbocycles. The maximum atomic E-state index is 9.58. The molecule has 0 radical (unpaired) electrons. The Morgan fingerprint density at radius 2 is 2.07 bits per heavy atom. The largest absolute Gasteiger partial charge is 0.392 e. The minimum absolute atomic E-state index is 0.145. The van der Waals surface area contributed by atoms with Crippen LogP contribution in [-0.2, 0) is 0 Å². The minimum atomic E-state index is -0.145. The zero-order valence-corrected chi connectivity index (χ0v) is 10.3. The molecule has 3 unspecified atom stereocenters. The van der Waals surface area contributed by atoms with Crippen LogP contribution in [0, 0.1) is 11.8 Å². The Kier molecular flexibility index (Phi) is 6.26. The fourth-order valence-corrected chi connectivity index (χ4v) is 2.57. The van der Waals surface area contributed by atoms with E-state index in [9.17, 15) is 5.11 Å². The van der Waals surface area contributed by atoms with Crippen LogP contribution in [0.1, 0.15) is 52.4 Å². The highest BCUT2D eigenvalue weighted by molar-refractivity contribution is 4.74. The van der Waals surface area contributed by atoms with E-state index < -0.39 is 0 Å². The van der Waals surface area contributed by atoms with Gasteiger partial charge in [0, 0.05) is 6.54 Å². The van der Waals surface area contributed by atoms with Gasteiger partial charge in [0.25, 0.3) is 0 Å². The third-order valence-electron chi connectivity index (χ3n) is 3.70. The lowest BCUT2D eigenvalue weighted by Crippen LogP contribution is -2.34. The third-order valence-corrected chi connectivity index (χ3v) is 3.70. The highest BCUT2D eigenvalue weighted by Gasteiger charge is 2.20. The molecule has 0 heterocycles. The van der Waals surface area contributed by atoms with Crippen LogP contribution in [0.4, 0.5) is 0 Å². The van der Waals surface area contributed by atoms with Crippen LogP contribution in [0.15, 0.2) is 0 Å². The van der Waals surface area contributed by atoms with Gasteiger partial charge < -0.3 is 10.4 Å². The van der Waals surface area contributed by atoms with E-state index in [4.69, 9.17) is 0 Å². The average Bonchev–Trinajstić information content (AvgIpc) is 2.21. The fourth-order valence-electron chi connectivity index (χ4n) is 2.57. The van der Waals surface area contributed by atoms with Crippen molar-refractivity contribution < 1.29 is 5.11 Å². The first-order valence-electron chi connectivity index (χ1n) is 6.62. The standard InChI is InChI=1S/C13H27NO/c1-3-6-13(15)10-14-9-12-8-5-4-7-11(12)2/h11-15H,3-10H2,1-2H3. The first-order valence-corrected chi connectivity index (χ1v) is 6.62. The van der Waals surface area contributed by atoms with Crippen molar-refractivity contribution in [2.75, 3.05) is 13.1 Å². The Balaban J connectivity index is 2.08. The second-order valence-electron chi connectivity index (χ2n) is 5.12. The van der Waals surface area contributed by atoms with Gasteiger partial charge in [-0.3, -0.25) is 0 Å². The molecule has 90 valence electrons. The number of nitrogens with one attached hydrogen (secondary N) is 1. The van der Waals surface area contributed by atoms with Crippen LogP contribution < -0.4 is 5.32 Å². The van der Waals surface area contributed by atoms with Gasteiger partial charge in [-0.15, -0.1) is 0 Å². The van der Waals surface area contributed by atoms with Gasteiger partial charge in [-0.2, -0.15) is 0 Å². The Bertz CT molecular complexity index is 161. The van der Waals surface area contributed by atoms with Gasteiger partial charge in [0.15, 0.2) is 0 Å². The molecular formula is C13H27NO. The average molecular weight is 213 g/mol. The molecule has 1 fully saturated rings. The van der Waals surface area contributed by atoms with E-state index in [0.717, 1.165) is 37.8 Å². The van der Waals surface area contributed by atoms with Crippen molar-refractivity contribution >= 4 is 0 Å². The molecule has 2 nitrogen and oxygen atoms in total. The van der Waals surface area contributed by atoms with E-state index in [0.29, 0.717) is 0 Å². The Morgan fingerprint density at radius 1 is 1.33 bits per heavy atom. The van der Waals surface area contributed by atoms with E-state index in [1.807, 2.05) is 0 Å². The summed E-state index contributed by atoms with van der Waals surface area (Å²) in [6, 6.07) is 0. The molecule has 0 amide bonds. The molecule has 2 N–H and O–H groups in total. The molecule has 0 spiro atoms. The molecule has 0 aromatic carbocycles. The van der Waals surface area contributed by atoms with Crippen molar-refractivity contribution in [3.63, 3.8) is 0 Å². The van der Waals surface area contributed by atoms with Crippen molar-refractivity contribution in [3.8, 4) is 0 Å². The highest BCUT2D eigenvalue weighted by atomic mass is 16.3. The first kappa shape index (κ1) is 13.0. The van der Waals surface area contributed by atoms with Crippen molar-refractivity contribution in [1.29, 1.82) is 0 Å². The summed E-state index contributed by atoms with van der Waals surface area (Å²) in [4.78, 5) is 0. The van der Waals surface area contributed by atoms with E-state index in [2.05, 4.69) is 19.2 Å². The van der Waals surface area contributed by atoms with E-state index in [1.165, 1.54) is 25.7 Å². The Labute approximate surface area is 94.5 Å².